The molecule has 0 radical (unpaired) electrons. The molecule has 16 aromatic carbocycles. The lowest BCUT2D eigenvalue weighted by molar-refractivity contribution is 0.349. The largest absolute Gasteiger partial charge is 0.310 e. The Bertz CT molecular complexity index is 6420. The predicted molar refractivity (Wildman–Crippen MR) is 548 cm³/mol. The normalized spacial score (nSPS) is 16.8. The van der Waals surface area contributed by atoms with Crippen LogP contribution >= 0.6 is 0 Å². The van der Waals surface area contributed by atoms with Gasteiger partial charge in [-0.1, -0.05) is 360 Å². The van der Waals surface area contributed by atoms with Gasteiger partial charge in [-0.2, -0.15) is 0 Å². The summed E-state index contributed by atoms with van der Waals surface area (Å²) in [4.78, 5) is 10.4. The first kappa shape index (κ1) is 84.3. The van der Waals surface area contributed by atoms with Crippen LogP contribution in [0.2, 0.25) is 0 Å². The van der Waals surface area contributed by atoms with E-state index in [1.165, 1.54) is 132 Å². The van der Waals surface area contributed by atoms with E-state index < -0.39 is 10.8 Å². The van der Waals surface area contributed by atoms with Crippen LogP contribution in [0.4, 0.5) is 68.2 Å². The van der Waals surface area contributed by atoms with Gasteiger partial charge in [-0.25, -0.2) is 0 Å². The van der Waals surface area contributed by atoms with Crippen molar-refractivity contribution in [3.63, 3.8) is 0 Å². The molecule has 0 aromatic heterocycles. The SMILES string of the molecule is CC(C)(C)c1ccc(N(c2ccc(C(C)(C)C)cc2)c2cc3c(c4ccccc24)-c2c4cc(c5ccccc25)N(c2ccc(C(C)(C)C)cc2)c2ccc(cc2)C(C)(C)CC(C)(C)c2ccc(cc2)N(c2ccc(C(C)(C)C)cc2)c2cc5c(c6ccccc26)-c2c(cc(N(c6ccc(C(C)(C)C)cc6)c6ccc(C(C)(C)C)cc6)c6ccccc26)C5(C)C34C)cc1. The third kappa shape index (κ3) is 14.0. The smallest absolute Gasteiger partial charge is 0.0543 e. The second-order valence-electron chi connectivity index (χ2n) is 44.9. The topological polar surface area (TPSA) is 13.0 Å². The van der Waals surface area contributed by atoms with Crippen LogP contribution in [0.1, 0.15) is 239 Å². The minimum Gasteiger partial charge on any atom is -0.310 e. The zero-order valence-corrected chi connectivity index (χ0v) is 79.5. The fraction of sp³-hybridized carbons (Fsp3) is 0.285. The number of fused-ring (bicyclic) bond motifs is 14. The molecule has 3 aliphatic heterocycles. The first-order valence-electron chi connectivity index (χ1n) is 46.3. The van der Waals surface area contributed by atoms with Gasteiger partial charge in [0.25, 0.3) is 0 Å². The summed E-state index contributed by atoms with van der Waals surface area (Å²) in [5, 5.41) is 9.52. The Kier molecular flexibility index (Phi) is 19.7. The highest BCUT2D eigenvalue weighted by molar-refractivity contribution is 6.21. The average Bonchev–Trinajstić information content (AvgIpc) is 1.48. The molecule has 21 rings (SSSR count). The molecule has 2 atom stereocenters. The first-order valence-corrected chi connectivity index (χ1v) is 46.3. The molecule has 2 aliphatic carbocycles. The zero-order valence-electron chi connectivity index (χ0n) is 79.5. The van der Waals surface area contributed by atoms with Gasteiger partial charge in [0.2, 0.25) is 0 Å². The molecule has 3 heterocycles. The minimum atomic E-state index is -0.985. The Morgan fingerprint density at radius 2 is 0.417 bits per heavy atom. The molecule has 4 heteroatoms. The van der Waals surface area contributed by atoms with E-state index in [1.54, 1.807) is 0 Å². The van der Waals surface area contributed by atoms with Crippen molar-refractivity contribution in [1.82, 2.24) is 0 Å². The highest BCUT2D eigenvalue weighted by Crippen LogP contribution is 2.71. The Morgan fingerprint density at radius 3 is 0.654 bits per heavy atom. The fourth-order valence-corrected chi connectivity index (χ4v) is 22.0. The third-order valence-electron chi connectivity index (χ3n) is 29.4. The number of rotatable bonds is 8. The first-order chi connectivity index (χ1) is 60.0. The van der Waals surface area contributed by atoms with Crippen LogP contribution in [0.25, 0.3) is 65.3 Å². The number of nitrogens with zero attached hydrogens (tertiary/aromatic N) is 4. The van der Waals surface area contributed by atoms with E-state index in [2.05, 4.69) is 501 Å². The molecule has 638 valence electrons. The molecule has 0 spiro atoms. The molecular formula is C123H126N4. The molecule has 0 amide bonds. The molecular weight excluding hydrogens is 1530 g/mol. The third-order valence-corrected chi connectivity index (χ3v) is 29.4. The highest BCUT2D eigenvalue weighted by Gasteiger charge is 2.60. The van der Waals surface area contributed by atoms with E-state index >= 15 is 0 Å². The number of hydrogen-bond donors (Lipinski definition) is 0. The van der Waals surface area contributed by atoms with Gasteiger partial charge < -0.3 is 19.6 Å². The summed E-state index contributed by atoms with van der Waals surface area (Å²) in [6.45, 7) is 57.1. The number of anilines is 12. The molecule has 4 nitrogen and oxygen atoms in total. The molecule has 0 saturated carbocycles. The minimum absolute atomic E-state index is 0.0766. The summed E-state index contributed by atoms with van der Waals surface area (Å²) < 4.78 is 0. The molecule has 5 aliphatic rings. The molecule has 16 aromatic rings. The van der Waals surface area contributed by atoms with Gasteiger partial charge in [-0.15, -0.1) is 0 Å². The summed E-state index contributed by atoms with van der Waals surface area (Å²) in [6, 6.07) is 125. The van der Waals surface area contributed by atoms with Crippen molar-refractivity contribution >= 4 is 111 Å². The zero-order chi connectivity index (χ0) is 89.6. The standard InChI is InChI=1S/C123H126N4/c1-114(2,3)78-41-57-86(58-42-78)124(87-59-43-79(44-60-87)115(4,5)6)106-73-102-110(98-37-29-25-33-94(98)106)112-100-39-31-27-35-96(100)108-75-104(112)122(102,23)123(24)103-74-107(125(88-61-45-80(46-62-88)116(7,8)9)89-63-47-81(48-64-89)117(10,11)12)95-34-26-30-38-99(95)111(103)113-101-40-32-28-36-97(101)109(76-105(113)123)127(91-67-51-83(52-68-91)119(16,17)18)93-71-55-85(56-72-93)121(21,22)77-120(19,20)84-53-69-92(70-54-84)126(108)90-65-49-82(50-66-90)118(13,14)15/h25-76H,77H2,1-24H3. The van der Waals surface area contributed by atoms with Crippen LogP contribution in [0.3, 0.4) is 0 Å². The Labute approximate surface area is 757 Å². The summed E-state index contributed by atoms with van der Waals surface area (Å²) in [5.74, 6) is 0. The van der Waals surface area contributed by atoms with E-state index in [9.17, 15) is 0 Å². The summed E-state index contributed by atoms with van der Waals surface area (Å²) in [5.41, 5.74) is 30.8. The quantitative estimate of drug-likeness (QED) is 0.150. The van der Waals surface area contributed by atoms with Crippen molar-refractivity contribution < 1.29 is 0 Å². The average molecular weight is 1660 g/mol. The van der Waals surface area contributed by atoms with Gasteiger partial charge >= 0.3 is 0 Å². The van der Waals surface area contributed by atoms with Gasteiger partial charge in [0, 0.05) is 77.9 Å². The molecule has 2 unspecified atom stereocenters. The van der Waals surface area contributed by atoms with Crippen molar-refractivity contribution in [3.8, 4) is 22.3 Å². The lowest BCUT2D eigenvalue weighted by Crippen LogP contribution is -2.44. The van der Waals surface area contributed by atoms with Gasteiger partial charge in [0.05, 0.1) is 22.7 Å². The second kappa shape index (κ2) is 29.7. The Balaban J connectivity index is 1.03. The summed E-state index contributed by atoms with van der Waals surface area (Å²) >= 11 is 0. The number of benzene rings is 16. The van der Waals surface area contributed by atoms with E-state index in [0.717, 1.165) is 74.7 Å². The lowest BCUT2D eigenvalue weighted by atomic mass is 9.56. The van der Waals surface area contributed by atoms with Crippen LogP contribution in [-0.2, 0) is 54.1 Å². The van der Waals surface area contributed by atoms with Crippen LogP contribution in [0, 0.1) is 0 Å². The Hall–Kier alpha value is -12.2. The Morgan fingerprint density at radius 1 is 0.220 bits per heavy atom. The van der Waals surface area contributed by atoms with E-state index in [4.69, 9.17) is 0 Å². The highest BCUT2D eigenvalue weighted by atomic mass is 15.2. The maximum atomic E-state index is 2.71. The van der Waals surface area contributed by atoms with Crippen molar-refractivity contribution in [2.45, 2.75) is 227 Å². The fourth-order valence-electron chi connectivity index (χ4n) is 22.0. The van der Waals surface area contributed by atoms with Crippen LogP contribution in [0.5, 0.6) is 0 Å². The lowest BCUT2D eigenvalue weighted by Gasteiger charge is -2.46. The monoisotopic (exact) mass is 1660 g/mol. The van der Waals surface area contributed by atoms with Gasteiger partial charge in [-0.05, 0) is 282 Å². The number of hydrogen-bond acceptors (Lipinski definition) is 4. The predicted octanol–water partition coefficient (Wildman–Crippen LogP) is 35.2. The van der Waals surface area contributed by atoms with Gasteiger partial charge in [0.1, 0.15) is 0 Å². The van der Waals surface area contributed by atoms with Crippen LogP contribution in [0.15, 0.2) is 315 Å². The van der Waals surface area contributed by atoms with E-state index in [-0.39, 0.29) is 43.3 Å². The maximum Gasteiger partial charge on any atom is 0.0543 e. The molecule has 8 bridgehead atoms. The molecule has 0 fully saturated rings. The van der Waals surface area contributed by atoms with Crippen molar-refractivity contribution in [2.24, 2.45) is 0 Å². The van der Waals surface area contributed by atoms with Crippen molar-refractivity contribution in [2.75, 3.05) is 19.6 Å². The second-order valence-corrected chi connectivity index (χ2v) is 44.9. The maximum absolute atomic E-state index is 2.71. The van der Waals surface area contributed by atoms with Crippen molar-refractivity contribution in [1.29, 1.82) is 0 Å². The summed E-state index contributed by atoms with van der Waals surface area (Å²) in [7, 11) is 0. The molecule has 0 saturated heterocycles. The van der Waals surface area contributed by atoms with Gasteiger partial charge in [0.15, 0.2) is 0 Å². The van der Waals surface area contributed by atoms with Crippen LogP contribution in [-0.4, -0.2) is 0 Å². The van der Waals surface area contributed by atoms with E-state index in [0.29, 0.717) is 0 Å². The van der Waals surface area contributed by atoms with Crippen molar-refractivity contribution in [3.05, 3.63) is 382 Å². The van der Waals surface area contributed by atoms with Gasteiger partial charge in [-0.3, -0.25) is 0 Å². The summed E-state index contributed by atoms with van der Waals surface area (Å²) in [6.07, 6.45) is 0.917. The van der Waals surface area contributed by atoms with Crippen LogP contribution < -0.4 is 19.6 Å². The van der Waals surface area contributed by atoms with E-state index in [1.807, 2.05) is 0 Å². The molecule has 0 N–H and O–H groups in total. The molecule has 127 heavy (non-hydrogen) atoms.